The number of aromatic nitrogens is 4. The summed E-state index contributed by atoms with van der Waals surface area (Å²) in [4.78, 5) is 18.6. The van der Waals surface area contributed by atoms with Crippen LogP contribution in [0.4, 0.5) is 19.1 Å². The highest BCUT2D eigenvalue weighted by Crippen LogP contribution is 2.25. The molecule has 1 aromatic carbocycles. The molecule has 0 unspecified atom stereocenters. The van der Waals surface area contributed by atoms with Crippen molar-refractivity contribution >= 4 is 28.0 Å². The SMILES string of the molecule is CC(C)OCCCn1c(N)nc2cc3[nH]c(=O)n(CC(F)(F)F)c3cc21. The van der Waals surface area contributed by atoms with Gasteiger partial charge in [-0.1, -0.05) is 0 Å². The van der Waals surface area contributed by atoms with Crippen LogP contribution in [-0.4, -0.2) is 38.0 Å². The molecule has 10 heteroatoms. The standard InChI is InChI=1S/C16H20F3N5O2/c1-9(2)26-5-3-4-23-12-7-13-11(6-10(12)21-14(23)20)22-15(25)24(13)8-16(17,18)19/h6-7,9H,3-5,8H2,1-2H3,(H2,20,21)(H,22,25). The number of nitrogens with two attached hydrogens (primary N) is 1. The summed E-state index contributed by atoms with van der Waals surface area (Å²) in [5.74, 6) is 0.266. The second-order valence-corrected chi connectivity index (χ2v) is 6.38. The van der Waals surface area contributed by atoms with Gasteiger partial charge in [-0.2, -0.15) is 13.2 Å². The van der Waals surface area contributed by atoms with Gasteiger partial charge in [0.1, 0.15) is 6.54 Å². The third-order valence-electron chi connectivity index (χ3n) is 3.99. The van der Waals surface area contributed by atoms with Crippen LogP contribution in [0.5, 0.6) is 0 Å². The van der Waals surface area contributed by atoms with Crippen LogP contribution in [0.1, 0.15) is 20.3 Å². The minimum atomic E-state index is -4.50. The average molecular weight is 371 g/mol. The first-order valence-electron chi connectivity index (χ1n) is 8.22. The van der Waals surface area contributed by atoms with Gasteiger partial charge in [0, 0.05) is 13.2 Å². The van der Waals surface area contributed by atoms with E-state index in [1.54, 1.807) is 4.57 Å². The highest BCUT2D eigenvalue weighted by molar-refractivity contribution is 5.92. The van der Waals surface area contributed by atoms with Crippen molar-refractivity contribution in [1.82, 2.24) is 19.1 Å². The van der Waals surface area contributed by atoms with Gasteiger partial charge in [0.2, 0.25) is 5.95 Å². The van der Waals surface area contributed by atoms with Crippen LogP contribution in [0.15, 0.2) is 16.9 Å². The number of nitrogens with one attached hydrogen (secondary N) is 1. The molecule has 2 heterocycles. The number of halogens is 3. The van der Waals surface area contributed by atoms with Crippen molar-refractivity contribution in [3.05, 3.63) is 22.6 Å². The Bertz CT molecular complexity index is 984. The molecule has 0 aliphatic carbocycles. The van der Waals surface area contributed by atoms with Crippen molar-refractivity contribution in [2.75, 3.05) is 12.3 Å². The number of rotatable bonds is 6. The van der Waals surface area contributed by atoms with E-state index in [2.05, 4.69) is 9.97 Å². The van der Waals surface area contributed by atoms with Gasteiger partial charge >= 0.3 is 11.9 Å². The monoisotopic (exact) mass is 371 g/mol. The summed E-state index contributed by atoms with van der Waals surface area (Å²) >= 11 is 0. The number of fused-ring (bicyclic) bond motifs is 2. The number of ether oxygens (including phenoxy) is 1. The molecule has 0 saturated carbocycles. The molecular formula is C16H20F3N5O2. The number of benzene rings is 1. The summed E-state index contributed by atoms with van der Waals surface area (Å²) in [6.45, 7) is 3.55. The largest absolute Gasteiger partial charge is 0.406 e. The normalized spacial score (nSPS) is 12.7. The molecule has 0 radical (unpaired) electrons. The first kappa shape index (κ1) is 18.3. The van der Waals surface area contributed by atoms with Gasteiger partial charge in [0.25, 0.3) is 0 Å². The molecule has 2 aromatic heterocycles. The van der Waals surface area contributed by atoms with E-state index in [4.69, 9.17) is 10.5 Å². The van der Waals surface area contributed by atoms with Crippen molar-refractivity contribution in [2.24, 2.45) is 0 Å². The predicted octanol–water partition coefficient (Wildman–Crippen LogP) is 2.64. The molecule has 26 heavy (non-hydrogen) atoms. The fourth-order valence-corrected chi connectivity index (χ4v) is 2.91. The number of nitrogen functional groups attached to an aromatic ring is 1. The predicted molar refractivity (Wildman–Crippen MR) is 92.0 cm³/mol. The van der Waals surface area contributed by atoms with E-state index in [9.17, 15) is 18.0 Å². The lowest BCUT2D eigenvalue weighted by Crippen LogP contribution is -2.26. The number of aromatic amines is 1. The van der Waals surface area contributed by atoms with Crippen LogP contribution in [0.2, 0.25) is 0 Å². The van der Waals surface area contributed by atoms with E-state index < -0.39 is 18.4 Å². The van der Waals surface area contributed by atoms with E-state index in [1.807, 2.05) is 13.8 Å². The topological polar surface area (TPSA) is 90.9 Å². The number of nitrogens with zero attached hydrogens (tertiary/aromatic N) is 3. The Morgan fingerprint density at radius 1 is 1.27 bits per heavy atom. The number of hydrogen-bond acceptors (Lipinski definition) is 4. The number of imidazole rings is 2. The van der Waals surface area contributed by atoms with E-state index in [-0.39, 0.29) is 17.6 Å². The van der Waals surface area contributed by atoms with Crippen LogP contribution in [-0.2, 0) is 17.8 Å². The third kappa shape index (κ3) is 3.69. The van der Waals surface area contributed by atoms with Gasteiger partial charge in [0.15, 0.2) is 0 Å². The van der Waals surface area contributed by atoms with Gasteiger partial charge in [-0.05, 0) is 32.4 Å². The fraction of sp³-hybridized carbons (Fsp3) is 0.500. The lowest BCUT2D eigenvalue weighted by Gasteiger charge is -2.10. The molecule has 0 aliphatic rings. The zero-order valence-electron chi connectivity index (χ0n) is 14.4. The quantitative estimate of drug-likeness (QED) is 0.652. The number of anilines is 1. The minimum Gasteiger partial charge on any atom is -0.379 e. The molecule has 0 bridgehead atoms. The van der Waals surface area contributed by atoms with E-state index >= 15 is 0 Å². The molecule has 7 nitrogen and oxygen atoms in total. The van der Waals surface area contributed by atoms with Crippen molar-refractivity contribution in [3.8, 4) is 0 Å². The Balaban J connectivity index is 2.00. The second-order valence-electron chi connectivity index (χ2n) is 6.38. The van der Waals surface area contributed by atoms with Crippen molar-refractivity contribution in [3.63, 3.8) is 0 Å². The van der Waals surface area contributed by atoms with Crippen LogP contribution >= 0.6 is 0 Å². The van der Waals surface area contributed by atoms with Gasteiger partial charge in [0.05, 0.1) is 28.2 Å². The third-order valence-corrected chi connectivity index (χ3v) is 3.99. The molecule has 3 N–H and O–H groups in total. The van der Waals surface area contributed by atoms with Gasteiger partial charge in [-0.3, -0.25) is 4.57 Å². The lowest BCUT2D eigenvalue weighted by atomic mass is 10.2. The maximum Gasteiger partial charge on any atom is 0.406 e. The minimum absolute atomic E-state index is 0.114. The Morgan fingerprint density at radius 3 is 2.65 bits per heavy atom. The Morgan fingerprint density at radius 2 is 2.00 bits per heavy atom. The molecule has 0 aliphatic heterocycles. The van der Waals surface area contributed by atoms with Crippen LogP contribution in [0.3, 0.4) is 0 Å². The Labute approximate surface area is 146 Å². The Kier molecular flexibility index (Phi) is 4.70. The van der Waals surface area contributed by atoms with Crippen molar-refractivity contribution < 1.29 is 17.9 Å². The Hall–Kier alpha value is -2.49. The molecular weight excluding hydrogens is 351 g/mol. The molecule has 0 atom stereocenters. The molecule has 0 amide bonds. The van der Waals surface area contributed by atoms with Gasteiger partial charge in [-0.15, -0.1) is 0 Å². The maximum atomic E-state index is 12.8. The summed E-state index contributed by atoms with van der Waals surface area (Å²) in [7, 11) is 0. The smallest absolute Gasteiger partial charge is 0.379 e. The van der Waals surface area contributed by atoms with E-state index in [0.717, 1.165) is 0 Å². The second kappa shape index (κ2) is 6.67. The summed E-state index contributed by atoms with van der Waals surface area (Å²) in [5.41, 5.74) is 6.69. The van der Waals surface area contributed by atoms with Crippen molar-refractivity contribution in [1.29, 1.82) is 0 Å². The lowest BCUT2D eigenvalue weighted by molar-refractivity contribution is -0.140. The average Bonchev–Trinajstić information content (AvgIpc) is 2.97. The van der Waals surface area contributed by atoms with E-state index in [1.165, 1.54) is 12.1 Å². The number of alkyl halides is 3. The molecule has 0 spiro atoms. The highest BCUT2D eigenvalue weighted by Gasteiger charge is 2.30. The number of H-pyrrole nitrogens is 1. The fourth-order valence-electron chi connectivity index (χ4n) is 2.91. The van der Waals surface area contributed by atoms with E-state index in [0.29, 0.717) is 40.7 Å². The molecule has 142 valence electrons. The van der Waals surface area contributed by atoms with Crippen LogP contribution in [0.25, 0.3) is 22.1 Å². The molecule has 3 rings (SSSR count). The summed E-state index contributed by atoms with van der Waals surface area (Å²) in [6.07, 6.45) is -3.71. The zero-order chi connectivity index (χ0) is 19.1. The molecule has 3 aromatic rings. The zero-order valence-corrected chi connectivity index (χ0v) is 14.4. The maximum absolute atomic E-state index is 12.8. The summed E-state index contributed by atoms with van der Waals surface area (Å²) in [5, 5.41) is 0. The van der Waals surface area contributed by atoms with Crippen molar-refractivity contribution in [2.45, 2.75) is 45.6 Å². The van der Waals surface area contributed by atoms with Gasteiger partial charge < -0.3 is 20.0 Å². The first-order chi connectivity index (χ1) is 12.2. The summed E-state index contributed by atoms with van der Waals surface area (Å²) < 4.78 is 46.2. The highest BCUT2D eigenvalue weighted by atomic mass is 19.4. The van der Waals surface area contributed by atoms with Crippen LogP contribution in [0, 0.1) is 0 Å². The first-order valence-corrected chi connectivity index (χ1v) is 8.22. The number of hydrogen-bond donors (Lipinski definition) is 2. The number of aryl methyl sites for hydroxylation is 1. The summed E-state index contributed by atoms with van der Waals surface area (Å²) in [6, 6.07) is 3.05. The van der Waals surface area contributed by atoms with Crippen LogP contribution < -0.4 is 11.4 Å². The van der Waals surface area contributed by atoms with Gasteiger partial charge in [-0.25, -0.2) is 9.78 Å². The molecule has 0 saturated heterocycles. The molecule has 0 fully saturated rings.